The number of aryl methyl sites for hydroxylation is 1. The minimum atomic E-state index is -0.680. The molecule has 154 valence electrons. The molecule has 2 aromatic carbocycles. The second kappa shape index (κ2) is 8.33. The highest BCUT2D eigenvalue weighted by Gasteiger charge is 2.42. The maximum Gasteiger partial charge on any atom is 0.222 e. The van der Waals surface area contributed by atoms with Crippen LogP contribution in [0.1, 0.15) is 30.4 Å². The second-order valence-electron chi connectivity index (χ2n) is 7.44. The number of methoxy groups -OCH3 is 2. The summed E-state index contributed by atoms with van der Waals surface area (Å²) < 4.78 is 23.2. The van der Waals surface area contributed by atoms with Crippen molar-refractivity contribution in [3.05, 3.63) is 53.6 Å². The fourth-order valence-corrected chi connectivity index (χ4v) is 4.03. The van der Waals surface area contributed by atoms with Crippen molar-refractivity contribution in [2.24, 2.45) is 0 Å². The number of ether oxygens (including phenoxy) is 4. The van der Waals surface area contributed by atoms with Crippen LogP contribution >= 0.6 is 0 Å². The predicted molar refractivity (Wildman–Crippen MR) is 108 cm³/mol. The Morgan fingerprint density at radius 2 is 1.76 bits per heavy atom. The zero-order valence-electron chi connectivity index (χ0n) is 17.0. The first-order valence-corrected chi connectivity index (χ1v) is 10.0. The molecule has 4 rings (SSSR count). The summed E-state index contributed by atoms with van der Waals surface area (Å²) >= 11 is 0. The van der Waals surface area contributed by atoms with Gasteiger partial charge in [-0.15, -0.1) is 0 Å². The van der Waals surface area contributed by atoms with Crippen molar-refractivity contribution >= 4 is 5.91 Å². The number of benzene rings is 2. The quantitative estimate of drug-likeness (QED) is 0.772. The van der Waals surface area contributed by atoms with Crippen molar-refractivity contribution in [1.29, 1.82) is 0 Å². The number of rotatable bonds is 5. The van der Waals surface area contributed by atoms with E-state index in [0.717, 1.165) is 28.4 Å². The minimum absolute atomic E-state index is 0.152. The zero-order valence-corrected chi connectivity index (χ0v) is 17.0. The van der Waals surface area contributed by atoms with E-state index >= 15 is 0 Å². The van der Waals surface area contributed by atoms with Gasteiger partial charge in [-0.05, 0) is 24.1 Å². The largest absolute Gasteiger partial charge is 0.496 e. The highest BCUT2D eigenvalue weighted by molar-refractivity contribution is 5.76. The molecule has 2 aliphatic heterocycles. The summed E-state index contributed by atoms with van der Waals surface area (Å²) in [6.07, 6.45) is 2.42. The Balaban J connectivity index is 1.35. The summed E-state index contributed by atoms with van der Waals surface area (Å²) in [5.41, 5.74) is 2.05. The van der Waals surface area contributed by atoms with Gasteiger partial charge in [0.25, 0.3) is 0 Å². The smallest absolute Gasteiger partial charge is 0.222 e. The molecule has 1 spiro atoms. The number of hydrogen-bond donors (Lipinski definition) is 0. The molecule has 0 unspecified atom stereocenters. The summed E-state index contributed by atoms with van der Waals surface area (Å²) in [5, 5.41) is 0. The average molecular weight is 397 g/mol. The molecule has 0 aromatic heterocycles. The molecule has 2 heterocycles. The molecule has 6 heteroatoms. The SMILES string of the molecule is COc1ccccc1CCC(=O)N1CCC2(CC1)OCc1cccc(OC)c1O2. The third kappa shape index (κ3) is 4.03. The van der Waals surface area contributed by atoms with Crippen molar-refractivity contribution in [3.8, 4) is 17.2 Å². The van der Waals surface area contributed by atoms with Gasteiger partial charge in [0, 0.05) is 37.9 Å². The Morgan fingerprint density at radius 1 is 1.03 bits per heavy atom. The second-order valence-corrected chi connectivity index (χ2v) is 7.44. The van der Waals surface area contributed by atoms with Gasteiger partial charge in [0.05, 0.1) is 20.8 Å². The standard InChI is InChI=1S/C23H27NO5/c1-26-19-8-4-3-6-17(19)10-11-21(25)24-14-12-23(13-15-24)28-16-18-7-5-9-20(27-2)22(18)29-23/h3-9H,10-16H2,1-2H3. The van der Waals surface area contributed by atoms with Gasteiger partial charge in [0.1, 0.15) is 5.75 Å². The number of para-hydroxylation sites is 2. The lowest BCUT2D eigenvalue weighted by Crippen LogP contribution is -2.52. The fraction of sp³-hybridized carbons (Fsp3) is 0.435. The van der Waals surface area contributed by atoms with Crippen LogP contribution in [-0.2, 0) is 22.6 Å². The topological polar surface area (TPSA) is 57.2 Å². The molecular weight excluding hydrogens is 370 g/mol. The maximum absolute atomic E-state index is 12.7. The van der Waals surface area contributed by atoms with Crippen LogP contribution < -0.4 is 14.2 Å². The van der Waals surface area contributed by atoms with Crippen LogP contribution in [0.15, 0.2) is 42.5 Å². The van der Waals surface area contributed by atoms with E-state index in [1.54, 1.807) is 14.2 Å². The first kappa shape index (κ1) is 19.6. The number of carbonyl (C=O) groups is 1. The van der Waals surface area contributed by atoms with E-state index in [4.69, 9.17) is 18.9 Å². The summed E-state index contributed by atoms with van der Waals surface area (Å²) in [4.78, 5) is 14.6. The third-order valence-corrected chi connectivity index (χ3v) is 5.74. The average Bonchev–Trinajstić information content (AvgIpc) is 2.77. The van der Waals surface area contributed by atoms with Crippen LogP contribution in [0.25, 0.3) is 0 Å². The number of nitrogens with zero attached hydrogens (tertiary/aromatic N) is 1. The first-order chi connectivity index (χ1) is 14.1. The van der Waals surface area contributed by atoms with E-state index in [-0.39, 0.29) is 5.91 Å². The highest BCUT2D eigenvalue weighted by atomic mass is 16.7. The van der Waals surface area contributed by atoms with E-state index < -0.39 is 5.79 Å². The summed E-state index contributed by atoms with van der Waals surface area (Å²) in [7, 11) is 3.30. The van der Waals surface area contributed by atoms with E-state index in [2.05, 4.69) is 0 Å². The molecule has 0 bridgehead atoms. The number of fused-ring (bicyclic) bond motifs is 1. The first-order valence-electron chi connectivity index (χ1n) is 10.0. The van der Waals surface area contributed by atoms with Gasteiger partial charge in [-0.1, -0.05) is 30.3 Å². The Bertz CT molecular complexity index is 859. The lowest BCUT2D eigenvalue weighted by Gasteiger charge is -2.44. The molecule has 1 saturated heterocycles. The Morgan fingerprint density at radius 3 is 2.52 bits per heavy atom. The lowest BCUT2D eigenvalue weighted by atomic mass is 10.00. The highest BCUT2D eigenvalue weighted by Crippen LogP contribution is 2.42. The number of piperidine rings is 1. The number of likely N-dealkylation sites (tertiary alicyclic amines) is 1. The van der Waals surface area contributed by atoms with Crippen molar-refractivity contribution in [1.82, 2.24) is 4.90 Å². The Labute approximate surface area is 171 Å². The van der Waals surface area contributed by atoms with Gasteiger partial charge in [0.2, 0.25) is 11.7 Å². The molecule has 1 amide bonds. The van der Waals surface area contributed by atoms with E-state index in [9.17, 15) is 4.79 Å². The van der Waals surface area contributed by atoms with Gasteiger partial charge in [-0.2, -0.15) is 0 Å². The van der Waals surface area contributed by atoms with Crippen LogP contribution in [0.5, 0.6) is 17.2 Å². The molecule has 6 nitrogen and oxygen atoms in total. The van der Waals surface area contributed by atoms with Gasteiger partial charge in [-0.3, -0.25) is 4.79 Å². The normalized spacial score (nSPS) is 17.4. The van der Waals surface area contributed by atoms with Crippen molar-refractivity contribution < 1.29 is 23.7 Å². The molecule has 0 radical (unpaired) electrons. The van der Waals surface area contributed by atoms with E-state index in [0.29, 0.717) is 45.4 Å². The van der Waals surface area contributed by atoms with Crippen LogP contribution in [0.4, 0.5) is 0 Å². The minimum Gasteiger partial charge on any atom is -0.496 e. The zero-order chi connectivity index (χ0) is 20.3. The van der Waals surface area contributed by atoms with Crippen molar-refractivity contribution in [2.45, 2.75) is 38.1 Å². The molecule has 0 atom stereocenters. The van der Waals surface area contributed by atoms with Crippen LogP contribution in [-0.4, -0.2) is 43.9 Å². The van der Waals surface area contributed by atoms with Crippen LogP contribution in [0, 0.1) is 0 Å². The van der Waals surface area contributed by atoms with Crippen LogP contribution in [0.3, 0.4) is 0 Å². The number of carbonyl (C=O) groups excluding carboxylic acids is 1. The third-order valence-electron chi connectivity index (χ3n) is 5.74. The molecule has 1 fully saturated rings. The fourth-order valence-electron chi connectivity index (χ4n) is 4.03. The Kier molecular flexibility index (Phi) is 5.62. The summed E-state index contributed by atoms with van der Waals surface area (Å²) in [6.45, 7) is 1.73. The number of hydrogen-bond acceptors (Lipinski definition) is 5. The summed E-state index contributed by atoms with van der Waals surface area (Å²) in [6, 6.07) is 13.7. The monoisotopic (exact) mass is 397 g/mol. The van der Waals surface area contributed by atoms with Gasteiger partial charge in [0.15, 0.2) is 11.5 Å². The predicted octanol–water partition coefficient (Wildman–Crippen LogP) is 3.56. The molecule has 0 saturated carbocycles. The molecule has 2 aliphatic rings. The van der Waals surface area contributed by atoms with Crippen molar-refractivity contribution in [2.75, 3.05) is 27.3 Å². The van der Waals surface area contributed by atoms with Gasteiger partial charge in [-0.25, -0.2) is 0 Å². The van der Waals surface area contributed by atoms with Crippen molar-refractivity contribution in [3.63, 3.8) is 0 Å². The van der Waals surface area contributed by atoms with E-state index in [1.165, 1.54) is 0 Å². The molecule has 0 aliphatic carbocycles. The molecule has 0 N–H and O–H groups in total. The molecule has 29 heavy (non-hydrogen) atoms. The van der Waals surface area contributed by atoms with Gasteiger partial charge < -0.3 is 23.8 Å². The Hall–Kier alpha value is -2.73. The molecular formula is C23H27NO5. The summed E-state index contributed by atoms with van der Waals surface area (Å²) in [5.74, 6) is 1.79. The van der Waals surface area contributed by atoms with Gasteiger partial charge >= 0.3 is 0 Å². The van der Waals surface area contributed by atoms with E-state index in [1.807, 2.05) is 47.4 Å². The molecule has 2 aromatic rings. The maximum atomic E-state index is 12.7. The number of amides is 1. The lowest BCUT2D eigenvalue weighted by molar-refractivity contribution is -0.228. The van der Waals surface area contributed by atoms with Crippen LogP contribution in [0.2, 0.25) is 0 Å².